The van der Waals surface area contributed by atoms with Gasteiger partial charge in [0.2, 0.25) is 0 Å². The molecule has 0 fully saturated rings. The van der Waals surface area contributed by atoms with Crippen molar-refractivity contribution in [2.24, 2.45) is 11.5 Å². The van der Waals surface area contributed by atoms with Crippen molar-refractivity contribution in [1.29, 1.82) is 0 Å². The Balaban J connectivity index is -0.000000649. The van der Waals surface area contributed by atoms with E-state index >= 15 is 0 Å². The molecular weight excluding hydrogens is 664 g/mol. The minimum absolute atomic E-state index is 0.121. The van der Waals surface area contributed by atoms with Gasteiger partial charge in [-0.2, -0.15) is 16.8 Å². The molecule has 0 aliphatic carbocycles. The summed E-state index contributed by atoms with van der Waals surface area (Å²) in [5.41, 5.74) is 10.6. The van der Waals surface area contributed by atoms with Crippen LogP contribution in [0.3, 0.4) is 0 Å². The smallest absolute Gasteiger partial charge is 0.264 e. The summed E-state index contributed by atoms with van der Waals surface area (Å²) in [5.74, 6) is 0. The molecular formula is C29H66N2O14S2. The predicted octanol–water partition coefficient (Wildman–Crippen LogP) is 0.424. The zero-order valence-corrected chi connectivity index (χ0v) is 30.5. The van der Waals surface area contributed by atoms with Crippen molar-refractivity contribution in [2.45, 2.75) is 57.8 Å². The Morgan fingerprint density at radius 2 is 0.596 bits per heavy atom. The molecule has 0 saturated heterocycles. The zero-order valence-electron chi connectivity index (χ0n) is 28.9. The van der Waals surface area contributed by atoms with Gasteiger partial charge in [-0.3, -0.25) is 8.37 Å². The first-order valence-corrected chi connectivity index (χ1v) is 19.9. The van der Waals surface area contributed by atoms with E-state index in [1.165, 1.54) is 0 Å². The van der Waals surface area contributed by atoms with Crippen molar-refractivity contribution in [3.63, 3.8) is 0 Å². The van der Waals surface area contributed by atoms with Gasteiger partial charge in [0, 0.05) is 92.5 Å². The largest absolute Gasteiger partial charge is 0.396 e. The summed E-state index contributed by atoms with van der Waals surface area (Å²) in [6.07, 6.45) is 8.84. The van der Waals surface area contributed by atoms with Crippen LogP contribution in [0.25, 0.3) is 0 Å². The van der Waals surface area contributed by atoms with Gasteiger partial charge in [-0.1, -0.05) is 0 Å². The Bertz CT molecular complexity index is 710. The van der Waals surface area contributed by atoms with Gasteiger partial charge in [-0.15, -0.1) is 0 Å². The van der Waals surface area contributed by atoms with E-state index in [1.807, 2.05) is 0 Å². The maximum atomic E-state index is 10.6. The maximum absolute atomic E-state index is 10.6. The quantitative estimate of drug-likeness (QED) is 0.0519. The highest BCUT2D eigenvalue weighted by molar-refractivity contribution is 7.86. The van der Waals surface area contributed by atoms with Crippen molar-refractivity contribution in [2.75, 3.05) is 131 Å². The second-order valence-electron chi connectivity index (χ2n) is 9.93. The van der Waals surface area contributed by atoms with Crippen LogP contribution in [0.1, 0.15) is 57.8 Å². The van der Waals surface area contributed by atoms with Crippen molar-refractivity contribution in [3.05, 3.63) is 0 Å². The van der Waals surface area contributed by atoms with Gasteiger partial charge in [0.15, 0.2) is 0 Å². The van der Waals surface area contributed by atoms with Gasteiger partial charge in [0.25, 0.3) is 20.2 Å². The second-order valence-corrected chi connectivity index (χ2v) is 13.2. The molecule has 47 heavy (non-hydrogen) atoms. The van der Waals surface area contributed by atoms with E-state index in [0.717, 1.165) is 64.6 Å². The number of hydrogen-bond donors (Lipinski definition) is 4. The van der Waals surface area contributed by atoms with Crippen molar-refractivity contribution in [1.82, 2.24) is 0 Å². The van der Waals surface area contributed by atoms with Crippen molar-refractivity contribution in [3.8, 4) is 0 Å². The first kappa shape index (κ1) is 50.8. The Labute approximate surface area is 284 Å². The highest BCUT2D eigenvalue weighted by atomic mass is 32.2. The van der Waals surface area contributed by atoms with E-state index in [9.17, 15) is 16.8 Å². The summed E-state index contributed by atoms with van der Waals surface area (Å²) in [5, 5.41) is 16.9. The van der Waals surface area contributed by atoms with Crippen LogP contribution in [0.15, 0.2) is 0 Å². The molecule has 0 aliphatic rings. The van der Waals surface area contributed by atoms with Crippen LogP contribution in [-0.4, -0.2) is 158 Å². The second kappa shape index (κ2) is 41.6. The van der Waals surface area contributed by atoms with Gasteiger partial charge < -0.3 is 50.1 Å². The van der Waals surface area contributed by atoms with Gasteiger partial charge in [-0.05, 0) is 70.9 Å². The molecule has 18 heteroatoms. The predicted molar refractivity (Wildman–Crippen MR) is 180 cm³/mol. The molecule has 0 amide bonds. The van der Waals surface area contributed by atoms with Crippen molar-refractivity contribution >= 4 is 20.2 Å². The van der Waals surface area contributed by atoms with Gasteiger partial charge in [-0.25, -0.2) is 0 Å². The van der Waals surface area contributed by atoms with E-state index in [2.05, 4.69) is 8.37 Å². The fraction of sp³-hybridized carbons (Fsp3) is 1.00. The number of rotatable bonds is 34. The third-order valence-corrected chi connectivity index (χ3v) is 6.26. The molecule has 0 atom stereocenters. The minimum Gasteiger partial charge on any atom is -0.396 e. The topological polar surface area (TPSA) is 235 Å². The third-order valence-electron chi connectivity index (χ3n) is 5.07. The molecule has 0 aromatic rings. The summed E-state index contributed by atoms with van der Waals surface area (Å²) in [6, 6.07) is 0. The summed E-state index contributed by atoms with van der Waals surface area (Å²) in [7, 11) is -6.74. The van der Waals surface area contributed by atoms with Gasteiger partial charge in [0.1, 0.15) is 0 Å². The van der Waals surface area contributed by atoms with Crippen molar-refractivity contribution < 1.29 is 63.8 Å². The number of aliphatic hydroxyl groups excluding tert-OH is 2. The van der Waals surface area contributed by atoms with E-state index in [0.29, 0.717) is 98.0 Å². The molecule has 0 spiro atoms. The van der Waals surface area contributed by atoms with Crippen LogP contribution in [0.4, 0.5) is 0 Å². The molecule has 0 saturated carbocycles. The van der Waals surface area contributed by atoms with E-state index in [1.54, 1.807) is 0 Å². The van der Waals surface area contributed by atoms with Crippen LogP contribution in [0.5, 0.6) is 0 Å². The molecule has 0 aromatic heterocycles. The lowest BCUT2D eigenvalue weighted by atomic mass is 10.4. The normalized spacial score (nSPS) is 11.5. The molecule has 0 heterocycles. The average Bonchev–Trinajstić information content (AvgIpc) is 3.01. The summed E-state index contributed by atoms with van der Waals surface area (Å²) in [6.45, 7) is 9.56. The molecule has 0 aliphatic heterocycles. The molecule has 0 unspecified atom stereocenters. The maximum Gasteiger partial charge on any atom is 0.264 e. The molecule has 0 rings (SSSR count). The number of ether oxygens (including phenoxy) is 6. The molecule has 0 radical (unpaired) electrons. The first-order chi connectivity index (χ1) is 22.5. The van der Waals surface area contributed by atoms with E-state index in [4.69, 9.17) is 50.1 Å². The van der Waals surface area contributed by atoms with Crippen LogP contribution in [-0.2, 0) is 57.0 Å². The van der Waals surface area contributed by atoms with Crippen LogP contribution in [0.2, 0.25) is 0 Å². The van der Waals surface area contributed by atoms with Gasteiger partial charge >= 0.3 is 0 Å². The fourth-order valence-electron chi connectivity index (χ4n) is 2.85. The molecule has 288 valence electrons. The number of nitrogens with two attached hydrogens (primary N) is 2. The van der Waals surface area contributed by atoms with E-state index in [-0.39, 0.29) is 26.4 Å². The fourth-order valence-corrected chi connectivity index (χ4v) is 3.69. The Kier molecular flexibility index (Phi) is 44.9. The Hall–Kier alpha value is -0.580. The third kappa shape index (κ3) is 61.2. The highest BCUT2D eigenvalue weighted by Gasteiger charge is 2.01. The van der Waals surface area contributed by atoms with Crippen LogP contribution < -0.4 is 11.5 Å². The lowest BCUT2D eigenvalue weighted by Gasteiger charge is -2.06. The first-order valence-electron chi connectivity index (χ1n) is 16.3. The molecule has 6 N–H and O–H groups in total. The highest BCUT2D eigenvalue weighted by Crippen LogP contribution is 1.95. The summed E-state index contributed by atoms with van der Waals surface area (Å²) < 4.78 is 83.2. The number of hydrogen-bond acceptors (Lipinski definition) is 16. The number of aliphatic hydroxyl groups is 2. The SMILES string of the molecule is CS(=O)(=O)OCCCOCCCOCCCOS(C)(=O)=O.NCCCOCCCOCCCN.OCCCOCCCOCCCO. The summed E-state index contributed by atoms with van der Waals surface area (Å²) >= 11 is 0. The van der Waals surface area contributed by atoms with Gasteiger partial charge in [0.05, 0.1) is 25.7 Å². The lowest BCUT2D eigenvalue weighted by Crippen LogP contribution is -2.09. The lowest BCUT2D eigenvalue weighted by molar-refractivity contribution is 0.0709. The zero-order chi connectivity index (χ0) is 35.7. The molecule has 0 aromatic carbocycles. The molecule has 16 nitrogen and oxygen atoms in total. The van der Waals surface area contributed by atoms with Crippen LogP contribution in [0, 0.1) is 0 Å². The van der Waals surface area contributed by atoms with Crippen LogP contribution >= 0.6 is 0 Å². The van der Waals surface area contributed by atoms with E-state index < -0.39 is 20.2 Å². The monoisotopic (exact) mass is 730 g/mol. The molecule has 0 bridgehead atoms. The Morgan fingerprint density at radius 3 is 0.809 bits per heavy atom. The average molecular weight is 731 g/mol. The standard InChI is InChI=1S/C11H24O8S2.C9H22N2O2.C9H20O4/c1-20(12,13)18-10-4-8-16-6-3-7-17-9-5-11-19-21(2,14)15;2*10-4-1-6-12-8-3-9-13-7-2-5-11/h3-11H2,1-2H3;1-11H2;10-11H,1-9H2. The summed E-state index contributed by atoms with van der Waals surface area (Å²) in [4.78, 5) is 0. The minimum atomic E-state index is -3.37. The Morgan fingerprint density at radius 1 is 0.383 bits per heavy atom.